The molecule has 0 saturated heterocycles. The Balaban J connectivity index is 1.70. The summed E-state index contributed by atoms with van der Waals surface area (Å²) in [5.41, 5.74) is 4.20. The van der Waals surface area contributed by atoms with Crippen LogP contribution in [-0.4, -0.2) is 47.6 Å². The van der Waals surface area contributed by atoms with Crippen molar-refractivity contribution in [3.8, 4) is 0 Å². The molecule has 0 aromatic heterocycles. The number of benzene rings is 2. The molecule has 0 fully saturated rings. The Morgan fingerprint density at radius 2 is 1.89 bits per heavy atom. The van der Waals surface area contributed by atoms with Gasteiger partial charge < -0.3 is 9.80 Å². The van der Waals surface area contributed by atoms with Gasteiger partial charge in [-0.05, 0) is 55.4 Å². The highest BCUT2D eigenvalue weighted by molar-refractivity contribution is 7.88. The molecule has 0 saturated carbocycles. The fraction of sp³-hybridized carbons (Fsp3) is 0.400. The molecule has 0 bridgehead atoms. The second-order valence-corrected chi connectivity index (χ2v) is 9.08. The third-order valence-corrected chi connectivity index (χ3v) is 6.33. The van der Waals surface area contributed by atoms with Crippen LogP contribution in [0.25, 0.3) is 0 Å². The van der Waals surface area contributed by atoms with Crippen LogP contribution < -0.4 is 9.62 Å². The van der Waals surface area contributed by atoms with Gasteiger partial charge in [-0.2, -0.15) is 0 Å². The molecule has 27 heavy (non-hydrogen) atoms. The Bertz CT molecular complexity index is 898. The summed E-state index contributed by atoms with van der Waals surface area (Å²) in [4.78, 5) is 4.25. The van der Waals surface area contributed by atoms with Crippen molar-refractivity contribution in [1.82, 2.24) is 9.62 Å². The van der Waals surface area contributed by atoms with Crippen LogP contribution in [0.15, 0.2) is 42.5 Å². The Labute approximate surface area is 160 Å². The smallest absolute Gasteiger partial charge is 0.215 e. The van der Waals surface area contributed by atoms with Crippen LogP contribution in [0.2, 0.25) is 0 Å². The van der Waals surface area contributed by atoms with E-state index in [1.807, 2.05) is 19.0 Å². The highest BCUT2D eigenvalue weighted by atomic mass is 32.2. The molecule has 0 radical (unpaired) electrons. The number of sulfonamides is 1. The second-order valence-electron chi connectivity index (χ2n) is 7.27. The summed E-state index contributed by atoms with van der Waals surface area (Å²) in [5.74, 6) is -0.540. The van der Waals surface area contributed by atoms with E-state index in [1.54, 1.807) is 0 Å². The number of halogens is 1. The third-order valence-electron chi connectivity index (χ3n) is 5.01. The van der Waals surface area contributed by atoms with Crippen LogP contribution in [0.4, 0.5) is 10.1 Å². The van der Waals surface area contributed by atoms with Gasteiger partial charge in [0.2, 0.25) is 10.0 Å². The molecule has 1 aliphatic rings. The summed E-state index contributed by atoms with van der Waals surface area (Å²) in [7, 11) is 2.46. The molecule has 1 N–H and O–H groups in total. The first kappa shape index (κ1) is 19.8. The van der Waals surface area contributed by atoms with Gasteiger partial charge in [-0.15, -0.1) is 0 Å². The lowest BCUT2D eigenvalue weighted by Gasteiger charge is -2.26. The standard InChI is InChI=1S/C20H26FN3O2S/c1-23(2)20(16-6-9-19-17(12-16)10-11-24(19)3)13-22-27(25,26)14-15-4-7-18(21)8-5-15/h4-9,12,20,22H,10-11,13-14H2,1-3H3. The maximum atomic E-state index is 13.0. The molecule has 5 nitrogen and oxygen atoms in total. The molecule has 2 aromatic carbocycles. The summed E-state index contributed by atoms with van der Waals surface area (Å²) >= 11 is 0. The summed E-state index contributed by atoms with van der Waals surface area (Å²) < 4.78 is 40.6. The van der Waals surface area contributed by atoms with E-state index in [-0.39, 0.29) is 24.2 Å². The maximum absolute atomic E-state index is 13.0. The lowest BCUT2D eigenvalue weighted by atomic mass is 10.0. The van der Waals surface area contributed by atoms with E-state index in [0.29, 0.717) is 5.56 Å². The Hall–Kier alpha value is -1.96. The first-order chi connectivity index (χ1) is 12.7. The lowest BCUT2D eigenvalue weighted by Crippen LogP contribution is -2.35. The van der Waals surface area contributed by atoms with Crippen molar-refractivity contribution < 1.29 is 12.8 Å². The molecule has 7 heteroatoms. The normalized spacial score (nSPS) is 15.2. The number of likely N-dealkylation sites (N-methyl/N-ethyl adjacent to an activating group) is 2. The van der Waals surface area contributed by atoms with Gasteiger partial charge >= 0.3 is 0 Å². The predicted octanol–water partition coefficient (Wildman–Crippen LogP) is 2.54. The lowest BCUT2D eigenvalue weighted by molar-refractivity contribution is 0.299. The molecule has 146 valence electrons. The van der Waals surface area contributed by atoms with Gasteiger partial charge in [0.1, 0.15) is 5.82 Å². The summed E-state index contributed by atoms with van der Waals surface area (Å²) in [6.45, 7) is 1.29. The molecule has 1 heterocycles. The second kappa shape index (κ2) is 7.96. The highest BCUT2D eigenvalue weighted by Crippen LogP contribution is 2.30. The number of nitrogens with zero attached hydrogens (tertiary/aromatic N) is 2. The molecule has 2 aromatic rings. The Morgan fingerprint density at radius 1 is 1.19 bits per heavy atom. The van der Waals surface area contributed by atoms with Gasteiger partial charge in [-0.1, -0.05) is 24.3 Å². The summed E-state index contributed by atoms with van der Waals surface area (Å²) in [6.07, 6.45) is 1.01. The largest absolute Gasteiger partial charge is 0.374 e. The number of hydrogen-bond donors (Lipinski definition) is 1. The minimum atomic E-state index is -3.51. The van der Waals surface area contributed by atoms with Crippen LogP contribution in [0.1, 0.15) is 22.7 Å². The average Bonchev–Trinajstić information content (AvgIpc) is 2.97. The molecule has 1 atom stereocenters. The number of rotatable bonds is 7. The van der Waals surface area contributed by atoms with Gasteiger partial charge in [0, 0.05) is 31.9 Å². The SMILES string of the molecule is CN1CCc2cc(C(CNS(=O)(=O)Cc3ccc(F)cc3)N(C)C)ccc21. The van der Waals surface area contributed by atoms with Crippen LogP contribution in [0.5, 0.6) is 0 Å². The van der Waals surface area contributed by atoms with Gasteiger partial charge in [0.25, 0.3) is 0 Å². The molecule has 1 aliphatic heterocycles. The van der Waals surface area contributed by atoms with Gasteiger partial charge in [-0.3, -0.25) is 0 Å². The highest BCUT2D eigenvalue weighted by Gasteiger charge is 2.22. The van der Waals surface area contributed by atoms with E-state index in [9.17, 15) is 12.8 Å². The predicted molar refractivity (Wildman–Crippen MR) is 107 cm³/mol. The number of fused-ring (bicyclic) bond motifs is 1. The maximum Gasteiger partial charge on any atom is 0.215 e. The van der Waals surface area contributed by atoms with E-state index in [4.69, 9.17) is 0 Å². The quantitative estimate of drug-likeness (QED) is 0.788. The van der Waals surface area contributed by atoms with Crippen LogP contribution >= 0.6 is 0 Å². The fourth-order valence-electron chi connectivity index (χ4n) is 3.45. The third kappa shape index (κ3) is 4.86. The number of hydrogen-bond acceptors (Lipinski definition) is 4. The van der Waals surface area contributed by atoms with Crippen molar-refractivity contribution in [1.29, 1.82) is 0 Å². The molecular formula is C20H26FN3O2S. The van der Waals surface area contributed by atoms with E-state index in [0.717, 1.165) is 18.5 Å². The zero-order valence-electron chi connectivity index (χ0n) is 15.9. The molecule has 0 spiro atoms. The van der Waals surface area contributed by atoms with E-state index in [1.165, 1.54) is 35.5 Å². The summed E-state index contributed by atoms with van der Waals surface area (Å²) in [5, 5.41) is 0. The van der Waals surface area contributed by atoms with Crippen molar-refractivity contribution in [2.75, 3.05) is 39.1 Å². The first-order valence-electron chi connectivity index (χ1n) is 8.97. The molecular weight excluding hydrogens is 365 g/mol. The van der Waals surface area contributed by atoms with Crippen molar-refractivity contribution >= 4 is 15.7 Å². The van der Waals surface area contributed by atoms with Crippen LogP contribution in [0, 0.1) is 5.82 Å². The molecule has 0 aliphatic carbocycles. The minimum absolute atomic E-state index is 0.0656. The van der Waals surface area contributed by atoms with Crippen molar-refractivity contribution in [2.45, 2.75) is 18.2 Å². The Kier molecular flexibility index (Phi) is 5.83. The fourth-order valence-corrected chi connectivity index (χ4v) is 4.59. The van der Waals surface area contributed by atoms with E-state index >= 15 is 0 Å². The zero-order valence-corrected chi connectivity index (χ0v) is 16.8. The molecule has 0 amide bonds. The molecule has 1 unspecified atom stereocenters. The van der Waals surface area contributed by atoms with Gasteiger partial charge in [0.15, 0.2) is 0 Å². The molecule has 3 rings (SSSR count). The summed E-state index contributed by atoms with van der Waals surface area (Å²) in [6, 6.07) is 11.8. The minimum Gasteiger partial charge on any atom is -0.374 e. The van der Waals surface area contributed by atoms with Crippen LogP contribution in [0.3, 0.4) is 0 Å². The number of anilines is 1. The Morgan fingerprint density at radius 3 is 2.56 bits per heavy atom. The first-order valence-corrected chi connectivity index (χ1v) is 10.6. The van der Waals surface area contributed by atoms with Crippen molar-refractivity contribution in [3.05, 3.63) is 65.0 Å². The topological polar surface area (TPSA) is 52.7 Å². The van der Waals surface area contributed by atoms with Crippen molar-refractivity contribution in [2.24, 2.45) is 0 Å². The van der Waals surface area contributed by atoms with E-state index in [2.05, 4.69) is 34.9 Å². The van der Waals surface area contributed by atoms with E-state index < -0.39 is 10.0 Å². The van der Waals surface area contributed by atoms with Gasteiger partial charge in [-0.25, -0.2) is 17.5 Å². The zero-order chi connectivity index (χ0) is 19.6. The monoisotopic (exact) mass is 391 g/mol. The van der Waals surface area contributed by atoms with Crippen LogP contribution in [-0.2, 0) is 22.2 Å². The van der Waals surface area contributed by atoms with Crippen molar-refractivity contribution in [3.63, 3.8) is 0 Å². The average molecular weight is 392 g/mol. The number of nitrogens with one attached hydrogen (secondary N) is 1. The van der Waals surface area contributed by atoms with Gasteiger partial charge in [0.05, 0.1) is 5.75 Å².